The molecular formula is C24H26O9. The zero-order chi connectivity index (χ0) is 23.2. The topological polar surface area (TPSA) is 114 Å². The molecule has 5 rings (SSSR count). The molecule has 9 heteroatoms. The van der Waals surface area contributed by atoms with Crippen molar-refractivity contribution in [1.82, 2.24) is 0 Å². The molecule has 2 spiro atoms. The van der Waals surface area contributed by atoms with Gasteiger partial charge >= 0.3 is 23.9 Å². The smallest absolute Gasteiger partial charge is 0.324 e. The maximum absolute atomic E-state index is 13.2. The van der Waals surface area contributed by atoms with Gasteiger partial charge in [0.15, 0.2) is 11.8 Å². The van der Waals surface area contributed by atoms with Crippen LogP contribution in [0.15, 0.2) is 24.3 Å². The average molecular weight is 458 g/mol. The second kappa shape index (κ2) is 8.04. The van der Waals surface area contributed by atoms with Crippen molar-refractivity contribution >= 4 is 23.9 Å². The minimum Gasteiger partial charge on any atom is -0.497 e. The first-order chi connectivity index (χ1) is 15.9. The summed E-state index contributed by atoms with van der Waals surface area (Å²) in [6.45, 7) is 0. The van der Waals surface area contributed by atoms with Crippen molar-refractivity contribution in [2.75, 3.05) is 7.11 Å². The van der Waals surface area contributed by atoms with Crippen molar-refractivity contribution in [3.05, 3.63) is 29.8 Å². The number of methoxy groups -OCH3 is 1. The van der Waals surface area contributed by atoms with E-state index in [2.05, 4.69) is 0 Å². The Morgan fingerprint density at radius 2 is 1.06 bits per heavy atom. The first-order valence-corrected chi connectivity index (χ1v) is 11.4. The summed E-state index contributed by atoms with van der Waals surface area (Å²) in [5.41, 5.74) is 0.401. The first-order valence-electron chi connectivity index (χ1n) is 11.4. The van der Waals surface area contributed by atoms with Crippen LogP contribution in [0.3, 0.4) is 0 Å². The molecule has 0 aromatic heterocycles. The lowest BCUT2D eigenvalue weighted by atomic mass is 9.75. The second-order valence-corrected chi connectivity index (χ2v) is 9.17. The summed E-state index contributed by atoms with van der Waals surface area (Å²) in [4.78, 5) is 52.6. The Hall–Kier alpha value is -3.10. The van der Waals surface area contributed by atoms with Crippen molar-refractivity contribution in [3.63, 3.8) is 0 Å². The third kappa shape index (κ3) is 3.73. The molecule has 0 bridgehead atoms. The molecule has 0 amide bonds. The lowest BCUT2D eigenvalue weighted by Crippen LogP contribution is -2.55. The van der Waals surface area contributed by atoms with E-state index in [9.17, 15) is 19.2 Å². The maximum atomic E-state index is 13.2. The molecule has 2 saturated heterocycles. The highest BCUT2D eigenvalue weighted by atomic mass is 16.8. The highest BCUT2D eigenvalue weighted by Gasteiger charge is 2.60. The van der Waals surface area contributed by atoms with Gasteiger partial charge in [0.1, 0.15) is 5.75 Å². The van der Waals surface area contributed by atoms with Gasteiger partial charge in [0.2, 0.25) is 0 Å². The van der Waals surface area contributed by atoms with E-state index >= 15 is 0 Å². The van der Waals surface area contributed by atoms with E-state index < -0.39 is 53.2 Å². The molecule has 0 N–H and O–H groups in total. The fraction of sp³-hybridized carbons (Fsp3) is 0.583. The van der Waals surface area contributed by atoms with Crippen LogP contribution in [-0.4, -0.2) is 42.6 Å². The van der Waals surface area contributed by atoms with Gasteiger partial charge in [-0.05, 0) is 43.4 Å². The van der Waals surface area contributed by atoms with Crippen LogP contribution in [0, 0.1) is 11.8 Å². The summed E-state index contributed by atoms with van der Waals surface area (Å²) in [6, 6.07) is 6.45. The SMILES string of the molecule is COc1ccc(C(C2C(=O)OC3(CCCC3)OC2=O)C2C(=O)OC3(CCCC3)OC2=O)cc1. The molecule has 4 fully saturated rings. The number of esters is 4. The Balaban J connectivity index is 1.51. The Labute approximate surface area is 190 Å². The number of rotatable bonds is 4. The van der Waals surface area contributed by atoms with Crippen molar-refractivity contribution < 1.29 is 42.9 Å². The van der Waals surface area contributed by atoms with Crippen LogP contribution in [0.4, 0.5) is 0 Å². The predicted octanol–water partition coefficient (Wildman–Crippen LogP) is 2.75. The molecule has 33 heavy (non-hydrogen) atoms. The van der Waals surface area contributed by atoms with Crippen LogP contribution >= 0.6 is 0 Å². The van der Waals surface area contributed by atoms with Crippen LogP contribution in [-0.2, 0) is 38.1 Å². The van der Waals surface area contributed by atoms with E-state index in [0.717, 1.165) is 25.7 Å². The molecule has 1 aromatic rings. The normalized spacial score (nSPS) is 27.1. The van der Waals surface area contributed by atoms with Crippen LogP contribution in [0.1, 0.15) is 62.8 Å². The van der Waals surface area contributed by atoms with E-state index in [1.165, 1.54) is 7.11 Å². The molecule has 4 aliphatic rings. The fourth-order valence-electron chi connectivity index (χ4n) is 5.45. The van der Waals surface area contributed by atoms with E-state index in [1.54, 1.807) is 24.3 Å². The number of ether oxygens (including phenoxy) is 5. The molecule has 0 unspecified atom stereocenters. The maximum Gasteiger partial charge on any atom is 0.324 e. The standard InChI is InChI=1S/C24H26O9/c1-29-15-8-6-14(7-9-15)16(17-19(25)30-23(31-20(17)26)10-2-3-11-23)18-21(27)32-24(33-22(18)28)12-4-5-13-24/h6-9,16-18H,2-5,10-13H2,1H3. The molecular weight excluding hydrogens is 432 g/mol. The first kappa shape index (κ1) is 21.7. The highest BCUT2D eigenvalue weighted by Crippen LogP contribution is 2.47. The Morgan fingerprint density at radius 1 is 0.697 bits per heavy atom. The summed E-state index contributed by atoms with van der Waals surface area (Å²) in [5.74, 6) is -9.42. The van der Waals surface area contributed by atoms with Crippen molar-refractivity contribution in [2.24, 2.45) is 11.8 Å². The summed E-state index contributed by atoms with van der Waals surface area (Å²) < 4.78 is 27.6. The van der Waals surface area contributed by atoms with Gasteiger partial charge < -0.3 is 23.7 Å². The highest BCUT2D eigenvalue weighted by molar-refractivity contribution is 6.03. The third-order valence-corrected chi connectivity index (χ3v) is 7.11. The Kier molecular flexibility index (Phi) is 5.29. The number of hydrogen-bond donors (Lipinski definition) is 0. The quantitative estimate of drug-likeness (QED) is 0.496. The monoisotopic (exact) mass is 458 g/mol. The van der Waals surface area contributed by atoms with Crippen LogP contribution in [0.5, 0.6) is 5.75 Å². The van der Waals surface area contributed by atoms with Gasteiger partial charge in [-0.1, -0.05) is 12.1 Å². The lowest BCUT2D eigenvalue weighted by molar-refractivity contribution is -0.257. The van der Waals surface area contributed by atoms with Crippen LogP contribution < -0.4 is 4.74 Å². The van der Waals surface area contributed by atoms with Crippen molar-refractivity contribution in [3.8, 4) is 5.75 Å². The second-order valence-electron chi connectivity index (χ2n) is 9.17. The van der Waals surface area contributed by atoms with E-state index in [4.69, 9.17) is 23.7 Å². The average Bonchev–Trinajstić information content (AvgIpc) is 3.41. The zero-order valence-electron chi connectivity index (χ0n) is 18.4. The van der Waals surface area contributed by atoms with Crippen LogP contribution in [0.2, 0.25) is 0 Å². The van der Waals surface area contributed by atoms with Gasteiger partial charge in [-0.3, -0.25) is 19.2 Å². The minimum absolute atomic E-state index is 0.401. The summed E-state index contributed by atoms with van der Waals surface area (Å²) in [6.07, 6.45) is 4.82. The van der Waals surface area contributed by atoms with Crippen molar-refractivity contribution in [1.29, 1.82) is 0 Å². The van der Waals surface area contributed by atoms with Gasteiger partial charge in [0.05, 0.1) is 7.11 Å². The van der Waals surface area contributed by atoms with Crippen molar-refractivity contribution in [2.45, 2.75) is 68.9 Å². The molecule has 1 aromatic carbocycles. The molecule has 2 aliphatic carbocycles. The van der Waals surface area contributed by atoms with E-state index in [1.807, 2.05) is 0 Å². The Bertz CT molecular complexity index is 874. The molecule has 2 aliphatic heterocycles. The number of hydrogen-bond acceptors (Lipinski definition) is 9. The minimum atomic E-state index is -1.51. The number of carbonyl (C=O) groups is 4. The molecule has 9 nitrogen and oxygen atoms in total. The third-order valence-electron chi connectivity index (χ3n) is 7.11. The van der Waals surface area contributed by atoms with Gasteiger partial charge in [0.25, 0.3) is 11.6 Å². The molecule has 0 atom stereocenters. The molecule has 176 valence electrons. The Morgan fingerprint density at radius 3 is 1.39 bits per heavy atom. The largest absolute Gasteiger partial charge is 0.497 e. The fourth-order valence-corrected chi connectivity index (χ4v) is 5.45. The lowest BCUT2D eigenvalue weighted by Gasteiger charge is -2.42. The van der Waals surface area contributed by atoms with Gasteiger partial charge in [0, 0.05) is 31.6 Å². The molecule has 2 saturated carbocycles. The predicted molar refractivity (Wildman–Crippen MR) is 109 cm³/mol. The van der Waals surface area contributed by atoms with Crippen LogP contribution in [0.25, 0.3) is 0 Å². The summed E-state index contributed by atoms with van der Waals surface area (Å²) in [5, 5.41) is 0. The van der Waals surface area contributed by atoms with Gasteiger partial charge in [-0.2, -0.15) is 0 Å². The zero-order valence-corrected chi connectivity index (χ0v) is 18.4. The summed E-state index contributed by atoms with van der Waals surface area (Å²) >= 11 is 0. The van der Waals surface area contributed by atoms with Gasteiger partial charge in [-0.15, -0.1) is 0 Å². The number of benzene rings is 1. The number of carbonyl (C=O) groups excluding carboxylic acids is 4. The van der Waals surface area contributed by atoms with E-state index in [0.29, 0.717) is 37.0 Å². The summed E-state index contributed by atoms with van der Waals surface area (Å²) in [7, 11) is 1.50. The molecule has 2 heterocycles. The van der Waals surface area contributed by atoms with Gasteiger partial charge in [-0.25, -0.2) is 0 Å². The molecule has 0 radical (unpaired) electrons. The van der Waals surface area contributed by atoms with E-state index in [-0.39, 0.29) is 0 Å².